The van der Waals surface area contributed by atoms with E-state index in [1.165, 1.54) is 0 Å². The Morgan fingerprint density at radius 1 is 1.06 bits per heavy atom. The smallest absolute Gasteiger partial charge is 0.336 e. The zero-order chi connectivity index (χ0) is 21.8. The Morgan fingerprint density at radius 2 is 1.81 bits per heavy atom. The first-order valence-corrected chi connectivity index (χ1v) is 11.0. The Kier molecular flexibility index (Phi) is 6.47. The van der Waals surface area contributed by atoms with Crippen molar-refractivity contribution in [2.75, 3.05) is 19.7 Å². The van der Waals surface area contributed by atoms with E-state index in [9.17, 15) is 9.90 Å². The fourth-order valence-corrected chi connectivity index (χ4v) is 4.15. The molecule has 1 saturated heterocycles. The van der Waals surface area contributed by atoms with Crippen LogP contribution in [0.1, 0.15) is 37.8 Å². The zero-order valence-electron chi connectivity index (χ0n) is 18.1. The second-order valence-corrected chi connectivity index (χ2v) is 7.89. The van der Waals surface area contributed by atoms with Crippen molar-refractivity contribution >= 4 is 11.0 Å². The molecule has 1 N–H and O–H groups in total. The second-order valence-electron chi connectivity index (χ2n) is 7.89. The molecular formula is C25H29NO5. The van der Waals surface area contributed by atoms with E-state index in [4.69, 9.17) is 13.9 Å². The minimum atomic E-state index is -0.392. The summed E-state index contributed by atoms with van der Waals surface area (Å²) in [5, 5.41) is 11.0. The van der Waals surface area contributed by atoms with E-state index < -0.39 is 5.63 Å². The molecule has 0 saturated carbocycles. The van der Waals surface area contributed by atoms with Gasteiger partial charge in [0.15, 0.2) is 11.5 Å². The van der Waals surface area contributed by atoms with E-state index >= 15 is 0 Å². The molecule has 2 heterocycles. The number of fused-ring (bicyclic) bond motifs is 1. The summed E-state index contributed by atoms with van der Waals surface area (Å²) in [4.78, 5) is 14.4. The Bertz CT molecular complexity index is 1100. The third kappa shape index (κ3) is 4.85. The van der Waals surface area contributed by atoms with Gasteiger partial charge in [0.25, 0.3) is 0 Å². The summed E-state index contributed by atoms with van der Waals surface area (Å²) in [5.74, 6) is 1.74. The van der Waals surface area contributed by atoms with Crippen LogP contribution in [-0.2, 0) is 13.0 Å². The minimum Gasteiger partial charge on any atom is -0.508 e. The molecule has 4 rings (SSSR count). The highest BCUT2D eigenvalue weighted by molar-refractivity contribution is 5.82. The third-order valence-electron chi connectivity index (χ3n) is 5.78. The van der Waals surface area contributed by atoms with Crippen LogP contribution in [0, 0.1) is 0 Å². The van der Waals surface area contributed by atoms with Crippen LogP contribution in [0.2, 0.25) is 0 Å². The van der Waals surface area contributed by atoms with E-state index in [1.807, 2.05) is 44.2 Å². The number of ether oxygens (including phenoxy) is 2. The summed E-state index contributed by atoms with van der Waals surface area (Å²) >= 11 is 0. The Balaban J connectivity index is 1.45. The highest BCUT2D eigenvalue weighted by Gasteiger charge is 2.23. The Hall–Kier alpha value is -2.99. The molecule has 2 aromatic carbocycles. The number of hydrogen-bond acceptors (Lipinski definition) is 6. The second kappa shape index (κ2) is 9.43. The number of phenolic OH excluding ortho intramolecular Hbond substituents is 1. The van der Waals surface area contributed by atoms with Gasteiger partial charge >= 0.3 is 5.63 Å². The van der Waals surface area contributed by atoms with E-state index in [1.54, 1.807) is 12.1 Å². The Labute approximate surface area is 182 Å². The number of hydrogen-bond donors (Lipinski definition) is 1. The summed E-state index contributed by atoms with van der Waals surface area (Å²) in [5.41, 5.74) is 1.82. The first-order valence-electron chi connectivity index (χ1n) is 11.0. The van der Waals surface area contributed by atoms with Gasteiger partial charge in [-0.3, -0.25) is 4.90 Å². The van der Waals surface area contributed by atoms with Crippen molar-refractivity contribution in [3.8, 4) is 17.2 Å². The number of piperidine rings is 1. The average molecular weight is 424 g/mol. The number of aryl methyl sites for hydroxylation is 1. The van der Waals surface area contributed by atoms with Gasteiger partial charge in [-0.1, -0.05) is 19.1 Å². The first kappa shape index (κ1) is 21.2. The Morgan fingerprint density at radius 3 is 2.52 bits per heavy atom. The molecule has 0 radical (unpaired) electrons. The van der Waals surface area contributed by atoms with Crippen molar-refractivity contribution in [3.63, 3.8) is 0 Å². The molecule has 6 heteroatoms. The van der Waals surface area contributed by atoms with E-state index in [2.05, 4.69) is 4.90 Å². The fourth-order valence-electron chi connectivity index (χ4n) is 4.15. The molecule has 0 spiro atoms. The van der Waals surface area contributed by atoms with Gasteiger partial charge in [-0.15, -0.1) is 0 Å². The van der Waals surface area contributed by atoms with Crippen LogP contribution in [0.5, 0.6) is 17.2 Å². The van der Waals surface area contributed by atoms with Gasteiger partial charge < -0.3 is 19.0 Å². The van der Waals surface area contributed by atoms with Crippen LogP contribution in [0.15, 0.2) is 51.7 Å². The van der Waals surface area contributed by atoms with Crippen LogP contribution in [0.3, 0.4) is 0 Å². The van der Waals surface area contributed by atoms with Gasteiger partial charge in [0.05, 0.1) is 6.61 Å². The molecule has 6 nitrogen and oxygen atoms in total. The molecule has 0 aliphatic carbocycles. The van der Waals surface area contributed by atoms with Gasteiger partial charge in [-0.25, -0.2) is 4.79 Å². The van der Waals surface area contributed by atoms with Gasteiger partial charge in [0.1, 0.15) is 17.4 Å². The maximum absolute atomic E-state index is 12.1. The standard InChI is InChI=1S/C25H29NO5/c1-3-17-13-20-18(14-25(28)31-24(20)15-21(17)27)16-26-11-9-19(10-12-26)30-23-8-6-5-7-22(23)29-4-2/h5-8,13-15,19,27H,3-4,9-12,16H2,1-2H3. The molecule has 1 aromatic heterocycles. The molecule has 1 aliphatic rings. The molecule has 1 fully saturated rings. The number of aromatic hydroxyl groups is 1. The lowest BCUT2D eigenvalue weighted by Crippen LogP contribution is -2.38. The molecule has 0 atom stereocenters. The van der Waals surface area contributed by atoms with Crippen molar-refractivity contribution in [1.82, 2.24) is 4.90 Å². The largest absolute Gasteiger partial charge is 0.508 e. The topological polar surface area (TPSA) is 72.1 Å². The number of para-hydroxylation sites is 2. The predicted molar refractivity (Wildman–Crippen MR) is 120 cm³/mol. The van der Waals surface area contributed by atoms with Crippen molar-refractivity contribution in [2.45, 2.75) is 45.8 Å². The third-order valence-corrected chi connectivity index (χ3v) is 5.78. The quantitative estimate of drug-likeness (QED) is 0.564. The SMILES string of the molecule is CCOc1ccccc1OC1CCN(Cc2cc(=O)oc3cc(O)c(CC)cc23)CC1. The van der Waals surface area contributed by atoms with Crippen molar-refractivity contribution in [2.24, 2.45) is 0 Å². The number of likely N-dealkylation sites (tertiary alicyclic amines) is 1. The lowest BCUT2D eigenvalue weighted by molar-refractivity contribution is 0.0938. The molecule has 0 amide bonds. The van der Waals surface area contributed by atoms with Crippen molar-refractivity contribution < 1.29 is 19.0 Å². The van der Waals surface area contributed by atoms with Crippen LogP contribution in [0.4, 0.5) is 0 Å². The molecular weight excluding hydrogens is 394 g/mol. The summed E-state index contributed by atoms with van der Waals surface area (Å²) < 4.78 is 17.2. The van der Waals surface area contributed by atoms with Crippen LogP contribution in [0.25, 0.3) is 11.0 Å². The van der Waals surface area contributed by atoms with Crippen LogP contribution in [-0.4, -0.2) is 35.8 Å². The predicted octanol–water partition coefficient (Wildman–Crippen LogP) is 4.50. The first-order chi connectivity index (χ1) is 15.1. The van der Waals surface area contributed by atoms with Crippen LogP contribution < -0.4 is 15.1 Å². The molecule has 31 heavy (non-hydrogen) atoms. The summed E-state index contributed by atoms with van der Waals surface area (Å²) in [7, 11) is 0. The zero-order valence-corrected chi connectivity index (χ0v) is 18.1. The van der Waals surface area contributed by atoms with E-state index in [-0.39, 0.29) is 11.9 Å². The summed E-state index contributed by atoms with van der Waals surface area (Å²) in [6.45, 7) is 6.99. The molecule has 3 aromatic rings. The summed E-state index contributed by atoms with van der Waals surface area (Å²) in [6, 6.07) is 12.8. The number of benzene rings is 2. The highest BCUT2D eigenvalue weighted by Crippen LogP contribution is 2.31. The van der Waals surface area contributed by atoms with Crippen molar-refractivity contribution in [3.05, 3.63) is 64.0 Å². The normalized spacial score (nSPS) is 15.3. The van der Waals surface area contributed by atoms with E-state index in [0.717, 1.165) is 53.9 Å². The minimum absolute atomic E-state index is 0.138. The number of phenols is 1. The molecule has 164 valence electrons. The summed E-state index contributed by atoms with van der Waals surface area (Å²) in [6.07, 6.45) is 2.66. The van der Waals surface area contributed by atoms with Gasteiger partial charge in [-0.05, 0) is 55.5 Å². The number of nitrogens with zero attached hydrogens (tertiary/aromatic N) is 1. The van der Waals surface area contributed by atoms with Gasteiger partial charge in [-0.2, -0.15) is 0 Å². The lowest BCUT2D eigenvalue weighted by Gasteiger charge is -2.32. The van der Waals surface area contributed by atoms with Gasteiger partial charge in [0, 0.05) is 37.2 Å². The van der Waals surface area contributed by atoms with E-state index in [0.29, 0.717) is 25.2 Å². The van der Waals surface area contributed by atoms with Crippen LogP contribution >= 0.6 is 0 Å². The number of rotatable bonds is 7. The monoisotopic (exact) mass is 423 g/mol. The van der Waals surface area contributed by atoms with Crippen molar-refractivity contribution in [1.29, 1.82) is 0 Å². The molecule has 0 bridgehead atoms. The molecule has 1 aliphatic heterocycles. The maximum Gasteiger partial charge on any atom is 0.336 e. The lowest BCUT2D eigenvalue weighted by atomic mass is 10.0. The van der Waals surface area contributed by atoms with Gasteiger partial charge in [0.2, 0.25) is 0 Å². The maximum atomic E-state index is 12.1. The average Bonchev–Trinajstić information content (AvgIpc) is 2.76. The fraction of sp³-hybridized carbons (Fsp3) is 0.400. The highest BCUT2D eigenvalue weighted by atomic mass is 16.5. The molecule has 0 unspecified atom stereocenters.